The monoisotopic (exact) mass is 371 g/mol. The summed E-state index contributed by atoms with van der Waals surface area (Å²) in [5.41, 5.74) is 1.36. The highest BCUT2D eigenvalue weighted by atomic mass is 32.1. The van der Waals surface area contributed by atoms with Crippen LogP contribution in [0.1, 0.15) is 42.5 Å². The van der Waals surface area contributed by atoms with Gasteiger partial charge in [0.15, 0.2) is 5.01 Å². The number of benzene rings is 1. The zero-order chi connectivity index (χ0) is 18.7. The minimum Gasteiger partial charge on any atom is -0.458 e. The lowest BCUT2D eigenvalue weighted by Crippen LogP contribution is -2.22. The molecule has 0 spiro atoms. The maximum Gasteiger partial charge on any atom is 0.314 e. The van der Waals surface area contributed by atoms with Crippen molar-refractivity contribution in [3.05, 3.63) is 63.0 Å². The summed E-state index contributed by atoms with van der Waals surface area (Å²) in [4.78, 5) is 29.4. The number of nitrogens with zero attached hydrogens (tertiary/aromatic N) is 3. The number of carbonyl (C=O) groups excluding carboxylic acids is 1. The molecule has 0 amide bonds. The summed E-state index contributed by atoms with van der Waals surface area (Å²) in [5.74, 6) is -0.438. The first-order valence-corrected chi connectivity index (χ1v) is 9.39. The molecule has 7 heteroatoms. The van der Waals surface area contributed by atoms with Crippen LogP contribution in [0.15, 0.2) is 41.2 Å². The maximum absolute atomic E-state index is 12.7. The number of aryl methyl sites for hydroxylation is 1. The van der Waals surface area contributed by atoms with Gasteiger partial charge < -0.3 is 4.74 Å². The van der Waals surface area contributed by atoms with Gasteiger partial charge in [-0.1, -0.05) is 61.9 Å². The molecule has 0 fully saturated rings. The molecule has 1 aromatic carbocycles. The molecule has 3 aromatic rings. The SMILES string of the molecule is CC[C@H](C)[C@@H](C(=O)OCc1nn2c(=O)cc(C)nc2s1)c1ccccc1. The molecule has 0 bridgehead atoms. The Morgan fingerprint density at radius 1 is 1.31 bits per heavy atom. The standard InChI is InChI=1S/C19H21N3O3S/c1-4-12(2)17(14-8-6-5-7-9-14)18(24)25-11-15-21-22-16(23)10-13(3)20-19(22)26-15/h5-10,12,17H,4,11H2,1-3H3/t12-,17+/m0/s1. The van der Waals surface area contributed by atoms with Crippen molar-refractivity contribution in [1.82, 2.24) is 14.6 Å². The van der Waals surface area contributed by atoms with E-state index in [2.05, 4.69) is 17.0 Å². The second-order valence-corrected chi connectivity index (χ2v) is 7.35. The molecule has 0 radical (unpaired) electrons. The number of hydrogen-bond donors (Lipinski definition) is 0. The molecule has 136 valence electrons. The quantitative estimate of drug-likeness (QED) is 0.622. The number of ether oxygens (including phenoxy) is 1. The van der Waals surface area contributed by atoms with Crippen LogP contribution in [0.2, 0.25) is 0 Å². The highest BCUT2D eigenvalue weighted by molar-refractivity contribution is 7.16. The predicted octanol–water partition coefficient (Wildman–Crippen LogP) is 3.33. The summed E-state index contributed by atoms with van der Waals surface area (Å²) in [6.07, 6.45) is 0.869. The normalized spacial score (nSPS) is 13.5. The van der Waals surface area contributed by atoms with E-state index in [-0.39, 0.29) is 30.0 Å². The van der Waals surface area contributed by atoms with Crippen molar-refractivity contribution >= 4 is 22.3 Å². The van der Waals surface area contributed by atoms with Gasteiger partial charge in [-0.2, -0.15) is 9.61 Å². The van der Waals surface area contributed by atoms with Crippen molar-refractivity contribution in [1.29, 1.82) is 0 Å². The molecule has 3 rings (SSSR count). The molecular weight excluding hydrogens is 350 g/mol. The van der Waals surface area contributed by atoms with Crippen LogP contribution in [0, 0.1) is 12.8 Å². The fourth-order valence-corrected chi connectivity index (χ4v) is 3.69. The molecule has 0 aliphatic carbocycles. The van der Waals surface area contributed by atoms with E-state index in [0.717, 1.165) is 12.0 Å². The molecular formula is C19H21N3O3S. The molecule has 0 N–H and O–H groups in total. The number of aromatic nitrogens is 3. The Morgan fingerprint density at radius 2 is 2.04 bits per heavy atom. The van der Waals surface area contributed by atoms with Crippen molar-refractivity contribution in [2.24, 2.45) is 5.92 Å². The Hall–Kier alpha value is -2.54. The van der Waals surface area contributed by atoms with Gasteiger partial charge in [-0.05, 0) is 18.4 Å². The fraction of sp³-hybridized carbons (Fsp3) is 0.368. The molecule has 6 nitrogen and oxygen atoms in total. The van der Waals surface area contributed by atoms with E-state index in [9.17, 15) is 9.59 Å². The maximum atomic E-state index is 12.7. The van der Waals surface area contributed by atoms with Crippen LogP contribution < -0.4 is 5.56 Å². The van der Waals surface area contributed by atoms with Crippen LogP contribution >= 0.6 is 11.3 Å². The summed E-state index contributed by atoms with van der Waals surface area (Å²) < 4.78 is 6.77. The van der Waals surface area contributed by atoms with Crippen LogP contribution in [0.4, 0.5) is 0 Å². The van der Waals surface area contributed by atoms with Crippen LogP contribution in [-0.2, 0) is 16.1 Å². The molecule has 2 aromatic heterocycles. The zero-order valence-corrected chi connectivity index (χ0v) is 15.8. The van der Waals surface area contributed by atoms with Crippen molar-refractivity contribution < 1.29 is 9.53 Å². The zero-order valence-electron chi connectivity index (χ0n) is 15.0. The van der Waals surface area contributed by atoms with Gasteiger partial charge in [0.05, 0.1) is 5.92 Å². The van der Waals surface area contributed by atoms with E-state index in [1.807, 2.05) is 37.3 Å². The molecule has 0 saturated heterocycles. The molecule has 0 saturated carbocycles. The summed E-state index contributed by atoms with van der Waals surface area (Å²) in [6.45, 7) is 5.90. The van der Waals surface area contributed by atoms with Crippen molar-refractivity contribution in [3.63, 3.8) is 0 Å². The van der Waals surface area contributed by atoms with Gasteiger partial charge in [-0.15, -0.1) is 0 Å². The Morgan fingerprint density at radius 3 is 2.73 bits per heavy atom. The molecule has 0 aliphatic heterocycles. The van der Waals surface area contributed by atoms with Crippen molar-refractivity contribution in [2.75, 3.05) is 0 Å². The van der Waals surface area contributed by atoms with Gasteiger partial charge in [0.1, 0.15) is 6.61 Å². The number of carbonyl (C=O) groups is 1. The Balaban J connectivity index is 1.78. The minimum atomic E-state index is -0.321. The van der Waals surface area contributed by atoms with Gasteiger partial charge in [-0.25, -0.2) is 4.98 Å². The van der Waals surface area contributed by atoms with E-state index >= 15 is 0 Å². The van der Waals surface area contributed by atoms with Crippen molar-refractivity contribution in [3.8, 4) is 0 Å². The highest BCUT2D eigenvalue weighted by Crippen LogP contribution is 2.28. The van der Waals surface area contributed by atoms with Crippen LogP contribution in [-0.4, -0.2) is 20.6 Å². The Labute approximate surface area is 155 Å². The minimum absolute atomic E-state index is 0.0329. The average molecular weight is 371 g/mol. The third kappa shape index (κ3) is 3.83. The van der Waals surface area contributed by atoms with Gasteiger partial charge in [0, 0.05) is 11.8 Å². The molecule has 0 aliphatic rings. The number of fused-ring (bicyclic) bond motifs is 1. The number of esters is 1. The summed E-state index contributed by atoms with van der Waals surface area (Å²) in [7, 11) is 0. The predicted molar refractivity (Wildman–Crippen MR) is 100 cm³/mol. The smallest absolute Gasteiger partial charge is 0.314 e. The average Bonchev–Trinajstić information content (AvgIpc) is 3.04. The van der Waals surface area contributed by atoms with Gasteiger partial charge in [0.2, 0.25) is 4.96 Å². The first-order valence-electron chi connectivity index (χ1n) is 8.57. The second-order valence-electron chi connectivity index (χ2n) is 6.31. The third-order valence-electron chi connectivity index (χ3n) is 4.38. The Bertz CT molecular complexity index is 965. The lowest BCUT2D eigenvalue weighted by Gasteiger charge is -2.21. The topological polar surface area (TPSA) is 73.6 Å². The van der Waals surface area contributed by atoms with E-state index in [0.29, 0.717) is 15.7 Å². The van der Waals surface area contributed by atoms with Gasteiger partial charge >= 0.3 is 5.97 Å². The van der Waals surface area contributed by atoms with Crippen LogP contribution in [0.3, 0.4) is 0 Å². The lowest BCUT2D eigenvalue weighted by atomic mass is 9.86. The van der Waals surface area contributed by atoms with Gasteiger partial charge in [0.25, 0.3) is 5.56 Å². The van der Waals surface area contributed by atoms with Crippen LogP contribution in [0.5, 0.6) is 0 Å². The van der Waals surface area contributed by atoms with Crippen LogP contribution in [0.25, 0.3) is 4.96 Å². The first kappa shape index (κ1) is 18.3. The summed E-state index contributed by atoms with van der Waals surface area (Å²) in [6, 6.07) is 11.1. The van der Waals surface area contributed by atoms with Gasteiger partial charge in [-0.3, -0.25) is 9.59 Å². The third-order valence-corrected chi connectivity index (χ3v) is 5.26. The highest BCUT2D eigenvalue weighted by Gasteiger charge is 2.27. The molecule has 2 heterocycles. The van der Waals surface area contributed by atoms with E-state index in [1.54, 1.807) is 6.92 Å². The second kappa shape index (κ2) is 7.78. The molecule has 2 atom stereocenters. The van der Waals surface area contributed by atoms with E-state index < -0.39 is 0 Å². The lowest BCUT2D eigenvalue weighted by molar-refractivity contribution is -0.148. The van der Waals surface area contributed by atoms with E-state index in [4.69, 9.17) is 4.74 Å². The number of rotatable bonds is 6. The largest absolute Gasteiger partial charge is 0.458 e. The Kier molecular flexibility index (Phi) is 5.46. The molecule has 26 heavy (non-hydrogen) atoms. The fourth-order valence-electron chi connectivity index (χ4n) is 2.83. The first-order chi connectivity index (χ1) is 12.5. The summed E-state index contributed by atoms with van der Waals surface area (Å²) in [5, 5.41) is 4.75. The van der Waals surface area contributed by atoms with E-state index in [1.165, 1.54) is 21.9 Å². The van der Waals surface area contributed by atoms with Crippen molar-refractivity contribution in [2.45, 2.75) is 39.7 Å². The number of hydrogen-bond acceptors (Lipinski definition) is 6. The molecule has 0 unspecified atom stereocenters. The summed E-state index contributed by atoms with van der Waals surface area (Å²) >= 11 is 1.25.